The third-order valence-electron chi connectivity index (χ3n) is 4.13. The van der Waals surface area contributed by atoms with E-state index in [0.29, 0.717) is 23.9 Å². The zero-order valence-corrected chi connectivity index (χ0v) is 16.9. The Labute approximate surface area is 168 Å². The topological polar surface area (TPSA) is 51.0 Å². The van der Waals surface area contributed by atoms with Crippen molar-refractivity contribution in [2.24, 2.45) is 0 Å². The lowest BCUT2D eigenvalue weighted by Gasteiger charge is -2.20. The van der Waals surface area contributed by atoms with E-state index >= 15 is 0 Å². The summed E-state index contributed by atoms with van der Waals surface area (Å²) in [5.74, 6) is 1.10. The molecule has 1 heterocycles. The zero-order valence-electron chi connectivity index (χ0n) is 15.3. The molecule has 0 fully saturated rings. The molecule has 3 aromatic rings. The number of hydrogen-bond acceptors (Lipinski definition) is 4. The number of halogens is 1. The SMILES string of the molecule is CCN(C(=O)CSc1nnc(-c2cccc(Cl)c2)n1CC)c1ccccc1. The Morgan fingerprint density at radius 3 is 2.56 bits per heavy atom. The Morgan fingerprint density at radius 2 is 1.89 bits per heavy atom. The molecule has 5 nitrogen and oxygen atoms in total. The normalized spacial score (nSPS) is 10.8. The van der Waals surface area contributed by atoms with Gasteiger partial charge in [0.2, 0.25) is 5.91 Å². The number of rotatable bonds is 7. The molecule has 1 amide bonds. The number of anilines is 1. The van der Waals surface area contributed by atoms with Crippen LogP contribution in [0.4, 0.5) is 5.69 Å². The molecular weight excluding hydrogens is 380 g/mol. The standard InChI is InChI=1S/C20H21ClN4OS/c1-3-24(17-11-6-5-7-12-17)18(26)14-27-20-23-22-19(25(20)4-2)15-9-8-10-16(21)13-15/h5-13H,3-4,14H2,1-2H3. The molecule has 0 radical (unpaired) electrons. The van der Waals surface area contributed by atoms with Crippen molar-refractivity contribution in [3.05, 3.63) is 59.6 Å². The number of thioether (sulfide) groups is 1. The lowest BCUT2D eigenvalue weighted by molar-refractivity contribution is -0.116. The van der Waals surface area contributed by atoms with Crippen molar-refractivity contribution in [3.8, 4) is 11.4 Å². The predicted molar refractivity (Wildman–Crippen MR) is 111 cm³/mol. The van der Waals surface area contributed by atoms with Gasteiger partial charge in [-0.15, -0.1) is 10.2 Å². The maximum atomic E-state index is 12.7. The third-order valence-corrected chi connectivity index (χ3v) is 5.31. The molecule has 0 saturated heterocycles. The van der Waals surface area contributed by atoms with Crippen LogP contribution in [0.2, 0.25) is 5.02 Å². The molecule has 0 unspecified atom stereocenters. The summed E-state index contributed by atoms with van der Waals surface area (Å²) in [5, 5.41) is 9.98. The molecule has 0 saturated carbocycles. The number of carbonyl (C=O) groups is 1. The fourth-order valence-corrected chi connectivity index (χ4v) is 3.91. The van der Waals surface area contributed by atoms with Gasteiger partial charge in [-0.25, -0.2) is 0 Å². The summed E-state index contributed by atoms with van der Waals surface area (Å²) in [4.78, 5) is 14.5. The lowest BCUT2D eigenvalue weighted by Crippen LogP contribution is -2.32. The van der Waals surface area contributed by atoms with Gasteiger partial charge in [-0.3, -0.25) is 4.79 Å². The molecule has 0 spiro atoms. The summed E-state index contributed by atoms with van der Waals surface area (Å²) in [7, 11) is 0. The summed E-state index contributed by atoms with van der Waals surface area (Å²) in [6.45, 7) is 5.34. The summed E-state index contributed by atoms with van der Waals surface area (Å²) in [6, 6.07) is 17.2. The first-order chi connectivity index (χ1) is 13.1. The minimum Gasteiger partial charge on any atom is -0.312 e. The Hall–Kier alpha value is -2.31. The van der Waals surface area contributed by atoms with Crippen LogP contribution in [0.1, 0.15) is 13.8 Å². The lowest BCUT2D eigenvalue weighted by atomic mass is 10.2. The van der Waals surface area contributed by atoms with Gasteiger partial charge in [-0.1, -0.05) is 53.7 Å². The summed E-state index contributed by atoms with van der Waals surface area (Å²) >= 11 is 7.50. The molecule has 27 heavy (non-hydrogen) atoms. The van der Waals surface area contributed by atoms with Crippen LogP contribution in [0.3, 0.4) is 0 Å². The predicted octanol–water partition coefficient (Wildman–Crippen LogP) is 4.76. The van der Waals surface area contributed by atoms with E-state index in [2.05, 4.69) is 10.2 Å². The Bertz CT molecular complexity index is 913. The van der Waals surface area contributed by atoms with E-state index in [1.807, 2.05) is 73.0 Å². The molecule has 0 aliphatic rings. The van der Waals surface area contributed by atoms with Gasteiger partial charge in [0.05, 0.1) is 5.75 Å². The molecule has 7 heteroatoms. The van der Waals surface area contributed by atoms with E-state index < -0.39 is 0 Å². The smallest absolute Gasteiger partial charge is 0.237 e. The van der Waals surface area contributed by atoms with Crippen molar-refractivity contribution in [1.82, 2.24) is 14.8 Å². The van der Waals surface area contributed by atoms with Crippen molar-refractivity contribution < 1.29 is 4.79 Å². The van der Waals surface area contributed by atoms with Crippen LogP contribution < -0.4 is 4.90 Å². The minimum absolute atomic E-state index is 0.0451. The van der Waals surface area contributed by atoms with E-state index in [-0.39, 0.29) is 5.91 Å². The van der Waals surface area contributed by atoms with E-state index in [1.165, 1.54) is 11.8 Å². The first-order valence-corrected chi connectivity index (χ1v) is 10.2. The van der Waals surface area contributed by atoms with Gasteiger partial charge in [0.1, 0.15) is 0 Å². The Kier molecular flexibility index (Phi) is 6.53. The van der Waals surface area contributed by atoms with Crippen molar-refractivity contribution in [2.75, 3.05) is 17.2 Å². The number of aromatic nitrogens is 3. The van der Waals surface area contributed by atoms with Gasteiger partial charge in [-0.2, -0.15) is 0 Å². The second kappa shape index (κ2) is 9.06. The molecule has 0 N–H and O–H groups in total. The summed E-state index contributed by atoms with van der Waals surface area (Å²) in [6.07, 6.45) is 0. The van der Waals surface area contributed by atoms with Gasteiger partial charge in [0.15, 0.2) is 11.0 Å². The highest BCUT2D eigenvalue weighted by molar-refractivity contribution is 7.99. The van der Waals surface area contributed by atoms with Crippen molar-refractivity contribution in [3.63, 3.8) is 0 Å². The second-order valence-electron chi connectivity index (χ2n) is 5.82. The molecule has 1 aromatic heterocycles. The monoisotopic (exact) mass is 400 g/mol. The number of amides is 1. The fraction of sp³-hybridized carbons (Fsp3) is 0.250. The summed E-state index contributed by atoms with van der Waals surface area (Å²) < 4.78 is 2.00. The molecule has 3 rings (SSSR count). The second-order valence-corrected chi connectivity index (χ2v) is 7.20. The highest BCUT2D eigenvalue weighted by atomic mass is 35.5. The maximum absolute atomic E-state index is 12.7. The van der Waals surface area contributed by atoms with Crippen LogP contribution in [0.15, 0.2) is 59.8 Å². The van der Waals surface area contributed by atoms with E-state index in [0.717, 1.165) is 22.2 Å². The molecule has 0 aliphatic heterocycles. The van der Waals surface area contributed by atoms with Crippen LogP contribution in [-0.4, -0.2) is 33.0 Å². The maximum Gasteiger partial charge on any atom is 0.237 e. The fourth-order valence-electron chi connectivity index (χ4n) is 2.84. The molecule has 0 bridgehead atoms. The molecule has 0 atom stereocenters. The number of carbonyl (C=O) groups excluding carboxylic acids is 1. The van der Waals surface area contributed by atoms with Crippen LogP contribution in [-0.2, 0) is 11.3 Å². The van der Waals surface area contributed by atoms with E-state index in [4.69, 9.17) is 11.6 Å². The number of para-hydroxylation sites is 1. The van der Waals surface area contributed by atoms with Gasteiger partial charge < -0.3 is 9.47 Å². The average Bonchev–Trinajstić information content (AvgIpc) is 3.11. The first-order valence-electron chi connectivity index (χ1n) is 8.81. The van der Waals surface area contributed by atoms with Crippen molar-refractivity contribution >= 4 is 35.0 Å². The first kappa shape index (κ1) is 19.5. The van der Waals surface area contributed by atoms with Gasteiger partial charge in [0, 0.05) is 29.4 Å². The average molecular weight is 401 g/mol. The van der Waals surface area contributed by atoms with Gasteiger partial charge in [0.25, 0.3) is 0 Å². The van der Waals surface area contributed by atoms with Crippen molar-refractivity contribution in [2.45, 2.75) is 25.5 Å². The molecule has 140 valence electrons. The van der Waals surface area contributed by atoms with Crippen LogP contribution in [0.5, 0.6) is 0 Å². The number of hydrogen-bond donors (Lipinski definition) is 0. The quantitative estimate of drug-likeness (QED) is 0.536. The molecule has 0 aliphatic carbocycles. The highest BCUT2D eigenvalue weighted by Crippen LogP contribution is 2.26. The van der Waals surface area contributed by atoms with Crippen LogP contribution in [0.25, 0.3) is 11.4 Å². The van der Waals surface area contributed by atoms with Crippen molar-refractivity contribution in [1.29, 1.82) is 0 Å². The zero-order chi connectivity index (χ0) is 19.2. The number of benzene rings is 2. The Morgan fingerprint density at radius 1 is 1.11 bits per heavy atom. The van der Waals surface area contributed by atoms with E-state index in [9.17, 15) is 4.79 Å². The highest BCUT2D eigenvalue weighted by Gasteiger charge is 2.18. The van der Waals surface area contributed by atoms with Gasteiger partial charge in [-0.05, 0) is 38.1 Å². The van der Waals surface area contributed by atoms with Gasteiger partial charge >= 0.3 is 0 Å². The number of nitrogens with zero attached hydrogens (tertiary/aromatic N) is 4. The summed E-state index contributed by atoms with van der Waals surface area (Å²) in [5.41, 5.74) is 1.82. The molecular formula is C20H21ClN4OS. The Balaban J connectivity index is 1.75. The van der Waals surface area contributed by atoms with E-state index in [1.54, 1.807) is 4.90 Å². The third kappa shape index (κ3) is 4.51. The molecule has 2 aromatic carbocycles. The van der Waals surface area contributed by atoms with Crippen LogP contribution >= 0.6 is 23.4 Å². The van der Waals surface area contributed by atoms with Crippen LogP contribution in [0, 0.1) is 0 Å². The largest absolute Gasteiger partial charge is 0.312 e. The minimum atomic E-state index is 0.0451.